The first kappa shape index (κ1) is 21.2. The maximum absolute atomic E-state index is 11.8. The molecule has 2 aromatic carbocycles. The van der Waals surface area contributed by atoms with Crippen molar-refractivity contribution in [3.63, 3.8) is 0 Å². The highest BCUT2D eigenvalue weighted by atomic mass is 32.2. The summed E-state index contributed by atoms with van der Waals surface area (Å²) in [6.07, 6.45) is 0.233. The average molecular weight is 416 g/mol. The summed E-state index contributed by atoms with van der Waals surface area (Å²) in [4.78, 5) is 24.9. The topological polar surface area (TPSA) is 90.9 Å². The van der Waals surface area contributed by atoms with Crippen molar-refractivity contribution < 1.29 is 19.4 Å². The lowest BCUT2D eigenvalue weighted by atomic mass is 10.1. The second-order valence-corrected chi connectivity index (χ2v) is 7.81. The fraction of sp³-hybridized carbons (Fsp3) is 0.333. The maximum atomic E-state index is 11.8. The van der Waals surface area contributed by atoms with Gasteiger partial charge in [0.05, 0.1) is 0 Å². The summed E-state index contributed by atoms with van der Waals surface area (Å²) in [5.41, 5.74) is 2.02. The summed E-state index contributed by atoms with van der Waals surface area (Å²) in [6.45, 7) is 1.43. The molecule has 1 heterocycles. The highest BCUT2D eigenvalue weighted by Crippen LogP contribution is 2.26. The zero-order chi connectivity index (χ0) is 20.6. The average Bonchev–Trinajstić information content (AvgIpc) is 3.08. The molecule has 0 aliphatic carbocycles. The first-order valence-electron chi connectivity index (χ1n) is 9.43. The van der Waals surface area contributed by atoms with Crippen LogP contribution in [0, 0.1) is 0 Å². The van der Waals surface area contributed by atoms with Crippen LogP contribution in [0.4, 0.5) is 10.5 Å². The molecule has 1 aliphatic heterocycles. The van der Waals surface area contributed by atoms with Gasteiger partial charge in [-0.2, -0.15) is 0 Å². The van der Waals surface area contributed by atoms with E-state index in [4.69, 9.17) is 4.74 Å². The third-order valence-electron chi connectivity index (χ3n) is 4.52. The molecule has 1 fully saturated rings. The SMILES string of the molecule is CN(c1ccc(CCNCC(O)COc2ccccc2)cc1)C1SC(=O)NC1=O. The van der Waals surface area contributed by atoms with Crippen LogP contribution < -0.4 is 20.3 Å². The summed E-state index contributed by atoms with van der Waals surface area (Å²) >= 11 is 0.985. The van der Waals surface area contributed by atoms with Crippen LogP contribution in [0.2, 0.25) is 0 Å². The molecule has 3 rings (SSSR count). The van der Waals surface area contributed by atoms with Gasteiger partial charge in [0, 0.05) is 19.3 Å². The van der Waals surface area contributed by atoms with Crippen molar-refractivity contribution in [2.24, 2.45) is 0 Å². The Bertz CT molecular complexity index is 816. The normalized spacial score (nSPS) is 17.1. The van der Waals surface area contributed by atoms with Crippen LogP contribution in [-0.4, -0.2) is 54.5 Å². The van der Waals surface area contributed by atoms with Crippen LogP contribution in [0.25, 0.3) is 0 Å². The van der Waals surface area contributed by atoms with Gasteiger partial charge in [-0.15, -0.1) is 0 Å². The summed E-state index contributed by atoms with van der Waals surface area (Å²) in [5.74, 6) is 0.458. The number of carbonyl (C=O) groups excluding carboxylic acids is 2. The summed E-state index contributed by atoms with van der Waals surface area (Å²) in [6, 6.07) is 17.3. The third-order valence-corrected chi connectivity index (χ3v) is 5.59. The number of hydrogen-bond donors (Lipinski definition) is 3. The minimum Gasteiger partial charge on any atom is -0.491 e. The second kappa shape index (κ2) is 10.3. The smallest absolute Gasteiger partial charge is 0.288 e. The van der Waals surface area contributed by atoms with Gasteiger partial charge in [-0.05, 0) is 54.6 Å². The number of likely N-dealkylation sites (N-methyl/N-ethyl adjacent to an activating group) is 1. The van der Waals surface area contributed by atoms with E-state index in [-0.39, 0.29) is 17.8 Å². The first-order chi connectivity index (χ1) is 14.0. The Labute approximate surface area is 174 Å². The highest BCUT2D eigenvalue weighted by molar-refractivity contribution is 8.15. The Balaban J connectivity index is 1.37. The van der Waals surface area contributed by atoms with Gasteiger partial charge < -0.3 is 20.1 Å². The van der Waals surface area contributed by atoms with Gasteiger partial charge in [-0.3, -0.25) is 14.9 Å². The Morgan fingerprint density at radius 3 is 2.55 bits per heavy atom. The lowest BCUT2D eigenvalue weighted by Gasteiger charge is -2.23. The molecule has 1 aliphatic rings. The van der Waals surface area contributed by atoms with Crippen molar-refractivity contribution in [1.29, 1.82) is 0 Å². The number of rotatable bonds is 10. The molecule has 0 spiro atoms. The lowest BCUT2D eigenvalue weighted by molar-refractivity contribution is -0.118. The number of benzene rings is 2. The molecule has 0 bridgehead atoms. The van der Waals surface area contributed by atoms with E-state index in [0.717, 1.165) is 41.7 Å². The van der Waals surface area contributed by atoms with Crippen molar-refractivity contribution in [3.05, 3.63) is 60.2 Å². The molecule has 29 heavy (non-hydrogen) atoms. The molecule has 0 radical (unpaired) electrons. The number of hydrogen-bond acceptors (Lipinski definition) is 7. The number of thioether (sulfide) groups is 1. The van der Waals surface area contributed by atoms with E-state index in [1.165, 1.54) is 0 Å². The zero-order valence-corrected chi connectivity index (χ0v) is 17.0. The molecule has 2 amide bonds. The van der Waals surface area contributed by atoms with Crippen LogP contribution in [0.3, 0.4) is 0 Å². The maximum Gasteiger partial charge on any atom is 0.288 e. The zero-order valence-electron chi connectivity index (χ0n) is 16.2. The minimum absolute atomic E-state index is 0.243. The van der Waals surface area contributed by atoms with Gasteiger partial charge in [0.1, 0.15) is 18.5 Å². The molecule has 2 atom stereocenters. The number of carbonyl (C=O) groups is 2. The molecular weight excluding hydrogens is 390 g/mol. The molecule has 2 unspecified atom stereocenters. The predicted octanol–water partition coefficient (Wildman–Crippen LogP) is 2.00. The minimum atomic E-state index is -0.580. The molecule has 2 aromatic rings. The Morgan fingerprint density at radius 2 is 1.90 bits per heavy atom. The quantitative estimate of drug-likeness (QED) is 0.511. The highest BCUT2D eigenvalue weighted by Gasteiger charge is 2.34. The fourth-order valence-corrected chi connectivity index (χ4v) is 3.71. The fourth-order valence-electron chi connectivity index (χ4n) is 2.90. The van der Waals surface area contributed by atoms with Gasteiger partial charge in [-0.1, -0.05) is 30.3 Å². The number of aliphatic hydroxyl groups is 1. The van der Waals surface area contributed by atoms with E-state index in [9.17, 15) is 14.7 Å². The second-order valence-electron chi connectivity index (χ2n) is 6.76. The van der Waals surface area contributed by atoms with Gasteiger partial charge in [0.25, 0.3) is 11.1 Å². The van der Waals surface area contributed by atoms with E-state index in [0.29, 0.717) is 6.54 Å². The number of aliphatic hydroxyl groups excluding tert-OH is 1. The Hall–Kier alpha value is -2.55. The largest absolute Gasteiger partial charge is 0.491 e. The predicted molar refractivity (Wildman–Crippen MR) is 114 cm³/mol. The number of anilines is 1. The van der Waals surface area contributed by atoms with Gasteiger partial charge in [0.2, 0.25) is 0 Å². The van der Waals surface area contributed by atoms with Crippen molar-refractivity contribution in [3.8, 4) is 5.75 Å². The number of para-hydroxylation sites is 1. The van der Waals surface area contributed by atoms with Crippen LogP contribution in [0.5, 0.6) is 5.75 Å². The van der Waals surface area contributed by atoms with Gasteiger partial charge in [-0.25, -0.2) is 0 Å². The molecule has 154 valence electrons. The third kappa shape index (κ3) is 6.22. The number of ether oxygens (including phenoxy) is 1. The number of nitrogens with one attached hydrogen (secondary N) is 2. The van der Waals surface area contributed by atoms with Crippen molar-refractivity contribution in [2.45, 2.75) is 17.9 Å². The van der Waals surface area contributed by atoms with Crippen LogP contribution in [0.1, 0.15) is 5.56 Å². The summed E-state index contributed by atoms with van der Waals surface area (Å²) in [5, 5.41) is 14.7. The van der Waals surface area contributed by atoms with Crippen molar-refractivity contribution in [1.82, 2.24) is 10.6 Å². The molecule has 8 heteroatoms. The molecule has 7 nitrogen and oxygen atoms in total. The van der Waals surface area contributed by atoms with Gasteiger partial charge in [0.15, 0.2) is 5.37 Å². The Morgan fingerprint density at radius 1 is 1.17 bits per heavy atom. The van der Waals surface area contributed by atoms with Gasteiger partial charge >= 0.3 is 0 Å². The van der Waals surface area contributed by atoms with Crippen molar-refractivity contribution >= 4 is 28.6 Å². The summed E-state index contributed by atoms with van der Waals surface area (Å²) in [7, 11) is 1.80. The lowest BCUT2D eigenvalue weighted by Crippen LogP contribution is -2.36. The van der Waals surface area contributed by atoms with E-state index >= 15 is 0 Å². The number of amides is 2. The van der Waals surface area contributed by atoms with Crippen molar-refractivity contribution in [2.75, 3.05) is 31.6 Å². The molecule has 0 aromatic heterocycles. The van der Waals surface area contributed by atoms with Crippen LogP contribution >= 0.6 is 11.8 Å². The Kier molecular flexibility index (Phi) is 7.51. The monoisotopic (exact) mass is 415 g/mol. The standard InChI is InChI=1S/C21H25N3O4S/c1-24(20-19(26)23-21(27)29-20)16-9-7-15(8-10-16)11-12-22-13-17(25)14-28-18-5-3-2-4-6-18/h2-10,17,20,22,25H,11-14H2,1H3,(H,23,26,27). The number of imide groups is 1. The van der Waals surface area contributed by atoms with E-state index in [1.807, 2.05) is 54.6 Å². The molecule has 0 saturated carbocycles. The van der Waals surface area contributed by atoms with Crippen LogP contribution in [-0.2, 0) is 11.2 Å². The molecular formula is C21H25N3O4S. The van der Waals surface area contributed by atoms with E-state index in [2.05, 4.69) is 10.6 Å². The number of nitrogens with zero attached hydrogens (tertiary/aromatic N) is 1. The van der Waals surface area contributed by atoms with E-state index < -0.39 is 11.5 Å². The van der Waals surface area contributed by atoms with Crippen LogP contribution in [0.15, 0.2) is 54.6 Å². The molecule has 3 N–H and O–H groups in total. The molecule has 1 saturated heterocycles. The van der Waals surface area contributed by atoms with E-state index in [1.54, 1.807) is 11.9 Å². The first-order valence-corrected chi connectivity index (χ1v) is 10.3. The summed E-state index contributed by atoms with van der Waals surface area (Å²) < 4.78 is 5.53.